The molecule has 0 bridgehead atoms. The van der Waals surface area contributed by atoms with Crippen molar-refractivity contribution in [1.82, 2.24) is 5.32 Å². The number of nitrogens with one attached hydrogen (secondary N) is 1. The zero-order valence-electron chi connectivity index (χ0n) is 11.4. The van der Waals surface area contributed by atoms with Gasteiger partial charge < -0.3 is 15.8 Å². The topological polar surface area (TPSA) is 107 Å². The molecule has 1 aliphatic rings. The number of rotatable bonds is 3. The normalized spacial score (nSPS) is 25.4. The standard InChI is InChI=1S/C13H17N3O4/c1-8-13(2,5-6-20-8)15-12(17)9-3-4-10(14)11(7-9)16(18)19/h3-4,7-8H,5-6,14H2,1-2H3,(H,15,17). The van der Waals surface area contributed by atoms with Gasteiger partial charge in [-0.25, -0.2) is 0 Å². The van der Waals surface area contributed by atoms with Crippen LogP contribution in [-0.4, -0.2) is 29.1 Å². The summed E-state index contributed by atoms with van der Waals surface area (Å²) in [5.74, 6) is -0.368. The van der Waals surface area contributed by atoms with Crippen molar-refractivity contribution in [2.75, 3.05) is 12.3 Å². The average molecular weight is 279 g/mol. The molecule has 7 heteroatoms. The number of hydrogen-bond acceptors (Lipinski definition) is 5. The van der Waals surface area contributed by atoms with Crippen LogP contribution in [0.5, 0.6) is 0 Å². The number of nitrogens with zero attached hydrogens (tertiary/aromatic N) is 1. The fourth-order valence-corrected chi connectivity index (χ4v) is 2.17. The lowest BCUT2D eigenvalue weighted by atomic mass is 9.94. The molecule has 0 aliphatic carbocycles. The molecule has 1 heterocycles. The minimum Gasteiger partial charge on any atom is -0.393 e. The Hall–Kier alpha value is -2.15. The van der Waals surface area contributed by atoms with Gasteiger partial charge in [-0.15, -0.1) is 0 Å². The number of nitro benzene ring substituents is 1. The van der Waals surface area contributed by atoms with Crippen molar-refractivity contribution in [2.24, 2.45) is 0 Å². The molecule has 3 N–H and O–H groups in total. The van der Waals surface area contributed by atoms with Gasteiger partial charge in [0.15, 0.2) is 0 Å². The molecule has 1 aromatic rings. The maximum absolute atomic E-state index is 12.2. The number of anilines is 1. The highest BCUT2D eigenvalue weighted by molar-refractivity contribution is 5.96. The summed E-state index contributed by atoms with van der Waals surface area (Å²) < 4.78 is 5.44. The van der Waals surface area contributed by atoms with Gasteiger partial charge in [-0.3, -0.25) is 14.9 Å². The van der Waals surface area contributed by atoms with Crippen LogP contribution in [-0.2, 0) is 4.74 Å². The zero-order chi connectivity index (χ0) is 14.9. The van der Waals surface area contributed by atoms with Gasteiger partial charge in [0.05, 0.1) is 16.6 Å². The van der Waals surface area contributed by atoms with Crippen molar-refractivity contribution in [3.05, 3.63) is 33.9 Å². The third kappa shape index (κ3) is 2.57. The summed E-state index contributed by atoms with van der Waals surface area (Å²) in [6.45, 7) is 4.37. The van der Waals surface area contributed by atoms with E-state index in [2.05, 4.69) is 5.32 Å². The molecule has 20 heavy (non-hydrogen) atoms. The molecule has 0 spiro atoms. The van der Waals surface area contributed by atoms with Crippen LogP contribution in [0.1, 0.15) is 30.6 Å². The minimum atomic E-state index is -0.602. The first-order valence-corrected chi connectivity index (χ1v) is 6.31. The van der Waals surface area contributed by atoms with Gasteiger partial charge in [0, 0.05) is 18.2 Å². The highest BCUT2D eigenvalue weighted by Crippen LogP contribution is 2.27. The molecule has 1 aliphatic heterocycles. The van der Waals surface area contributed by atoms with Crippen molar-refractivity contribution in [1.29, 1.82) is 0 Å². The number of amides is 1. The Kier molecular flexibility index (Phi) is 3.63. The smallest absolute Gasteiger partial charge is 0.292 e. The fourth-order valence-electron chi connectivity index (χ4n) is 2.17. The van der Waals surface area contributed by atoms with Crippen LogP contribution in [0.2, 0.25) is 0 Å². The lowest BCUT2D eigenvalue weighted by Crippen LogP contribution is -2.50. The monoisotopic (exact) mass is 279 g/mol. The lowest BCUT2D eigenvalue weighted by Gasteiger charge is -2.28. The van der Waals surface area contributed by atoms with Gasteiger partial charge in [0.2, 0.25) is 0 Å². The van der Waals surface area contributed by atoms with Crippen LogP contribution in [0.25, 0.3) is 0 Å². The van der Waals surface area contributed by atoms with Crippen molar-refractivity contribution >= 4 is 17.3 Å². The molecule has 0 radical (unpaired) electrons. The summed E-state index contributed by atoms with van der Waals surface area (Å²) in [6, 6.07) is 4.03. The summed E-state index contributed by atoms with van der Waals surface area (Å²) in [4.78, 5) is 22.4. The van der Waals surface area contributed by atoms with Crippen LogP contribution < -0.4 is 11.1 Å². The molecule has 1 amide bonds. The number of hydrogen-bond donors (Lipinski definition) is 2. The molecular formula is C13H17N3O4. The number of benzene rings is 1. The van der Waals surface area contributed by atoms with E-state index in [1.165, 1.54) is 18.2 Å². The van der Waals surface area contributed by atoms with Gasteiger partial charge in [-0.2, -0.15) is 0 Å². The largest absolute Gasteiger partial charge is 0.393 e. The Morgan fingerprint density at radius 1 is 1.60 bits per heavy atom. The average Bonchev–Trinajstić information content (AvgIpc) is 2.69. The minimum absolute atomic E-state index is 0.0373. The maximum Gasteiger partial charge on any atom is 0.292 e. The highest BCUT2D eigenvalue weighted by atomic mass is 16.6. The van der Waals surface area contributed by atoms with Gasteiger partial charge in [-0.05, 0) is 32.4 Å². The number of nitrogens with two attached hydrogens (primary N) is 1. The molecular weight excluding hydrogens is 262 g/mol. The Balaban J connectivity index is 2.22. The van der Waals surface area contributed by atoms with Gasteiger partial charge in [0.1, 0.15) is 5.69 Å². The Morgan fingerprint density at radius 2 is 2.30 bits per heavy atom. The molecule has 2 atom stereocenters. The molecule has 2 rings (SSSR count). The number of carbonyl (C=O) groups is 1. The third-order valence-electron chi connectivity index (χ3n) is 3.77. The fraction of sp³-hybridized carbons (Fsp3) is 0.462. The van der Waals surface area contributed by atoms with E-state index in [4.69, 9.17) is 10.5 Å². The maximum atomic E-state index is 12.2. The Morgan fingerprint density at radius 3 is 2.85 bits per heavy atom. The van der Waals surface area contributed by atoms with Gasteiger partial charge in [0.25, 0.3) is 11.6 Å². The predicted octanol–water partition coefficient (Wildman–Crippen LogP) is 1.47. The number of ether oxygens (including phenoxy) is 1. The quantitative estimate of drug-likeness (QED) is 0.495. The summed E-state index contributed by atoms with van der Waals surface area (Å²) >= 11 is 0. The van der Waals surface area contributed by atoms with E-state index >= 15 is 0 Å². The van der Waals surface area contributed by atoms with Crippen LogP contribution in [0.15, 0.2) is 18.2 Å². The van der Waals surface area contributed by atoms with Crippen molar-refractivity contribution in [3.8, 4) is 0 Å². The molecule has 108 valence electrons. The summed E-state index contributed by atoms with van der Waals surface area (Å²) in [5, 5.41) is 13.7. The van der Waals surface area contributed by atoms with Gasteiger partial charge in [-0.1, -0.05) is 0 Å². The first-order valence-electron chi connectivity index (χ1n) is 6.31. The first-order chi connectivity index (χ1) is 9.33. The summed E-state index contributed by atoms with van der Waals surface area (Å²) in [5.41, 5.74) is 5.03. The van der Waals surface area contributed by atoms with E-state index in [9.17, 15) is 14.9 Å². The van der Waals surface area contributed by atoms with Crippen LogP contribution in [0, 0.1) is 10.1 Å². The zero-order valence-corrected chi connectivity index (χ0v) is 11.4. The SMILES string of the molecule is CC1OCCC1(C)NC(=O)c1ccc(N)c([N+](=O)[O-])c1. The van der Waals surface area contributed by atoms with E-state index in [0.29, 0.717) is 13.0 Å². The molecule has 1 fully saturated rings. The predicted molar refractivity (Wildman–Crippen MR) is 73.4 cm³/mol. The number of carbonyl (C=O) groups excluding carboxylic acids is 1. The Labute approximate surface area is 116 Å². The summed E-state index contributed by atoms with van der Waals surface area (Å²) in [7, 11) is 0. The second-order valence-corrected chi connectivity index (χ2v) is 5.17. The van der Waals surface area contributed by atoms with Crippen LogP contribution in [0.3, 0.4) is 0 Å². The molecule has 0 saturated carbocycles. The molecule has 1 aromatic carbocycles. The van der Waals surface area contributed by atoms with E-state index < -0.39 is 10.5 Å². The van der Waals surface area contributed by atoms with E-state index in [-0.39, 0.29) is 28.9 Å². The van der Waals surface area contributed by atoms with E-state index in [0.717, 1.165) is 0 Å². The second kappa shape index (κ2) is 5.09. The molecule has 7 nitrogen and oxygen atoms in total. The van der Waals surface area contributed by atoms with Crippen molar-refractivity contribution in [2.45, 2.75) is 31.9 Å². The molecule has 0 aromatic heterocycles. The molecule has 1 saturated heterocycles. The van der Waals surface area contributed by atoms with Crippen molar-refractivity contribution < 1.29 is 14.5 Å². The number of nitro groups is 1. The Bertz CT molecular complexity index is 561. The first kappa shape index (κ1) is 14.3. The van der Waals surface area contributed by atoms with Crippen molar-refractivity contribution in [3.63, 3.8) is 0 Å². The molecule has 2 unspecified atom stereocenters. The van der Waals surface area contributed by atoms with Gasteiger partial charge >= 0.3 is 0 Å². The van der Waals surface area contributed by atoms with Crippen LogP contribution >= 0.6 is 0 Å². The van der Waals surface area contributed by atoms with Crippen LogP contribution in [0.4, 0.5) is 11.4 Å². The van der Waals surface area contributed by atoms with E-state index in [1.54, 1.807) is 0 Å². The summed E-state index contributed by atoms with van der Waals surface area (Å²) in [6.07, 6.45) is 0.604. The third-order valence-corrected chi connectivity index (χ3v) is 3.77. The number of nitrogen functional groups attached to an aromatic ring is 1. The second-order valence-electron chi connectivity index (χ2n) is 5.17. The van der Waals surface area contributed by atoms with E-state index in [1.807, 2.05) is 13.8 Å². The highest BCUT2D eigenvalue weighted by Gasteiger charge is 2.38. The lowest BCUT2D eigenvalue weighted by molar-refractivity contribution is -0.383.